The van der Waals surface area contributed by atoms with Crippen molar-refractivity contribution in [3.8, 4) is 0 Å². The standard InChI is InChI=1S/C26H27FN6O3/c1-18(34)35-15-22-13-32(12-20-5-3-2-4-6-20)14-23(36-22)33-17-31-24-25(29-16-30-26(24)33)28-11-19-7-9-21(27)10-8-19/h2-10,16-17,22-23H,11-15H2,1H3,(H,28,29,30)/t22-,23+/m0/s1. The molecule has 1 aliphatic rings. The highest BCUT2D eigenvalue weighted by Gasteiger charge is 2.31. The smallest absolute Gasteiger partial charge is 0.302 e. The van der Waals surface area contributed by atoms with Crippen molar-refractivity contribution in [2.75, 3.05) is 25.0 Å². The number of carbonyl (C=O) groups is 1. The van der Waals surface area contributed by atoms with Crippen LogP contribution in [0.1, 0.15) is 24.3 Å². The normalized spacial score (nSPS) is 18.3. The summed E-state index contributed by atoms with van der Waals surface area (Å²) in [5.41, 5.74) is 3.35. The molecule has 36 heavy (non-hydrogen) atoms. The van der Waals surface area contributed by atoms with Gasteiger partial charge in [0, 0.05) is 33.1 Å². The molecule has 1 saturated heterocycles. The molecule has 0 unspecified atom stereocenters. The van der Waals surface area contributed by atoms with E-state index in [1.54, 1.807) is 18.5 Å². The summed E-state index contributed by atoms with van der Waals surface area (Å²) in [7, 11) is 0. The van der Waals surface area contributed by atoms with Gasteiger partial charge in [0.1, 0.15) is 31.1 Å². The first-order chi connectivity index (χ1) is 17.5. The van der Waals surface area contributed by atoms with Gasteiger partial charge in [-0.25, -0.2) is 19.3 Å². The minimum absolute atomic E-state index is 0.170. The Balaban J connectivity index is 1.36. The molecule has 4 aromatic rings. The van der Waals surface area contributed by atoms with Gasteiger partial charge in [0.05, 0.1) is 6.33 Å². The van der Waals surface area contributed by atoms with Gasteiger partial charge in [0.2, 0.25) is 0 Å². The summed E-state index contributed by atoms with van der Waals surface area (Å²) in [5.74, 6) is -0.0350. The van der Waals surface area contributed by atoms with Crippen LogP contribution in [0.3, 0.4) is 0 Å². The third-order valence-electron chi connectivity index (χ3n) is 5.99. The van der Waals surface area contributed by atoms with Crippen LogP contribution < -0.4 is 5.32 Å². The lowest BCUT2D eigenvalue weighted by molar-refractivity contribution is -0.162. The summed E-state index contributed by atoms with van der Waals surface area (Å²) in [6, 6.07) is 16.5. The molecule has 0 spiro atoms. The molecule has 0 radical (unpaired) electrons. The average molecular weight is 491 g/mol. The zero-order valence-electron chi connectivity index (χ0n) is 19.9. The molecule has 3 heterocycles. The van der Waals surface area contributed by atoms with E-state index in [2.05, 4.69) is 37.3 Å². The first kappa shape index (κ1) is 23.8. The van der Waals surface area contributed by atoms with E-state index in [1.807, 2.05) is 22.8 Å². The Morgan fingerprint density at radius 2 is 1.89 bits per heavy atom. The Kier molecular flexibility index (Phi) is 7.15. The minimum Gasteiger partial charge on any atom is -0.463 e. The zero-order chi connectivity index (χ0) is 24.9. The number of morpholine rings is 1. The molecule has 5 rings (SSSR count). The van der Waals surface area contributed by atoms with E-state index < -0.39 is 0 Å². The van der Waals surface area contributed by atoms with Crippen LogP contribution in [-0.4, -0.2) is 56.2 Å². The molecule has 0 aliphatic carbocycles. The van der Waals surface area contributed by atoms with Gasteiger partial charge in [0.25, 0.3) is 0 Å². The quantitative estimate of drug-likeness (QED) is 0.375. The molecule has 2 aromatic carbocycles. The van der Waals surface area contributed by atoms with Gasteiger partial charge in [-0.15, -0.1) is 0 Å². The Labute approximate surface area is 207 Å². The van der Waals surface area contributed by atoms with Crippen LogP contribution >= 0.6 is 0 Å². The second-order valence-corrected chi connectivity index (χ2v) is 8.72. The van der Waals surface area contributed by atoms with Gasteiger partial charge in [0.15, 0.2) is 17.0 Å². The largest absolute Gasteiger partial charge is 0.463 e. The number of esters is 1. The van der Waals surface area contributed by atoms with Crippen LogP contribution in [0.25, 0.3) is 11.2 Å². The predicted octanol–water partition coefficient (Wildman–Crippen LogP) is 3.54. The fourth-order valence-corrected chi connectivity index (χ4v) is 4.30. The number of imidazole rings is 1. The van der Waals surface area contributed by atoms with Gasteiger partial charge in [-0.05, 0) is 23.3 Å². The number of nitrogens with zero attached hydrogens (tertiary/aromatic N) is 5. The molecule has 1 fully saturated rings. The van der Waals surface area contributed by atoms with E-state index in [9.17, 15) is 9.18 Å². The summed E-state index contributed by atoms with van der Waals surface area (Å²) in [6.07, 6.45) is 2.50. The summed E-state index contributed by atoms with van der Waals surface area (Å²) in [6.45, 7) is 4.01. The Morgan fingerprint density at radius 1 is 1.08 bits per heavy atom. The van der Waals surface area contributed by atoms with E-state index in [-0.39, 0.29) is 30.7 Å². The molecule has 9 nitrogen and oxygen atoms in total. The van der Waals surface area contributed by atoms with Gasteiger partial charge in [-0.1, -0.05) is 42.5 Å². The van der Waals surface area contributed by atoms with Crippen molar-refractivity contribution in [2.45, 2.75) is 32.3 Å². The molecular weight excluding hydrogens is 463 g/mol. The number of hydrogen-bond acceptors (Lipinski definition) is 8. The summed E-state index contributed by atoms with van der Waals surface area (Å²) < 4.78 is 26.7. The highest BCUT2D eigenvalue weighted by molar-refractivity contribution is 5.82. The molecule has 2 atom stereocenters. The maximum atomic E-state index is 13.2. The summed E-state index contributed by atoms with van der Waals surface area (Å²) in [4.78, 5) is 27.1. The number of carbonyl (C=O) groups excluding carboxylic acids is 1. The maximum absolute atomic E-state index is 13.2. The van der Waals surface area contributed by atoms with Crippen molar-refractivity contribution in [2.24, 2.45) is 0 Å². The van der Waals surface area contributed by atoms with Crippen LogP contribution in [-0.2, 0) is 27.4 Å². The molecule has 0 saturated carbocycles. The van der Waals surface area contributed by atoms with Crippen molar-refractivity contribution >= 4 is 23.0 Å². The Bertz CT molecular complexity index is 1310. The van der Waals surface area contributed by atoms with E-state index >= 15 is 0 Å². The lowest BCUT2D eigenvalue weighted by Crippen LogP contribution is -2.47. The summed E-state index contributed by atoms with van der Waals surface area (Å²) >= 11 is 0. The molecule has 1 aliphatic heterocycles. The van der Waals surface area contributed by atoms with Crippen LogP contribution in [0.15, 0.2) is 67.3 Å². The topological polar surface area (TPSA) is 94.4 Å². The first-order valence-electron chi connectivity index (χ1n) is 11.8. The van der Waals surface area contributed by atoms with Crippen molar-refractivity contribution in [1.82, 2.24) is 24.4 Å². The minimum atomic E-state index is -0.382. The van der Waals surface area contributed by atoms with Crippen molar-refractivity contribution in [3.05, 3.63) is 84.2 Å². The number of anilines is 1. The number of hydrogen-bond donors (Lipinski definition) is 1. The Morgan fingerprint density at radius 3 is 2.67 bits per heavy atom. The van der Waals surface area contributed by atoms with Crippen LogP contribution in [0.5, 0.6) is 0 Å². The number of aromatic nitrogens is 4. The number of halogens is 1. The highest BCUT2D eigenvalue weighted by Crippen LogP contribution is 2.27. The van der Waals surface area contributed by atoms with E-state index in [1.165, 1.54) is 30.9 Å². The van der Waals surface area contributed by atoms with Crippen LogP contribution in [0.2, 0.25) is 0 Å². The molecule has 10 heteroatoms. The average Bonchev–Trinajstić information content (AvgIpc) is 3.33. The first-order valence-corrected chi connectivity index (χ1v) is 11.8. The third-order valence-corrected chi connectivity index (χ3v) is 5.99. The third kappa shape index (κ3) is 5.67. The summed E-state index contributed by atoms with van der Waals surface area (Å²) in [5, 5.41) is 3.26. The number of fused-ring (bicyclic) bond motifs is 1. The van der Waals surface area contributed by atoms with Gasteiger partial charge in [-0.2, -0.15) is 0 Å². The van der Waals surface area contributed by atoms with E-state index in [4.69, 9.17) is 9.47 Å². The highest BCUT2D eigenvalue weighted by atomic mass is 19.1. The lowest BCUT2D eigenvalue weighted by atomic mass is 10.2. The maximum Gasteiger partial charge on any atom is 0.302 e. The van der Waals surface area contributed by atoms with E-state index in [0.717, 1.165) is 12.1 Å². The van der Waals surface area contributed by atoms with Crippen LogP contribution in [0, 0.1) is 5.82 Å². The number of nitrogens with one attached hydrogen (secondary N) is 1. The monoisotopic (exact) mass is 490 g/mol. The van der Waals surface area contributed by atoms with Crippen LogP contribution in [0.4, 0.5) is 10.2 Å². The molecule has 1 N–H and O–H groups in total. The van der Waals surface area contributed by atoms with Crippen molar-refractivity contribution < 1.29 is 18.7 Å². The zero-order valence-corrected chi connectivity index (χ0v) is 19.9. The fraction of sp³-hybridized carbons (Fsp3) is 0.308. The predicted molar refractivity (Wildman–Crippen MR) is 131 cm³/mol. The molecule has 0 bridgehead atoms. The van der Waals surface area contributed by atoms with Gasteiger partial charge in [-0.3, -0.25) is 14.3 Å². The number of benzene rings is 2. The molecule has 2 aromatic heterocycles. The van der Waals surface area contributed by atoms with Crippen molar-refractivity contribution in [1.29, 1.82) is 0 Å². The number of rotatable bonds is 8. The molecule has 186 valence electrons. The van der Waals surface area contributed by atoms with Gasteiger partial charge >= 0.3 is 5.97 Å². The SMILES string of the molecule is CC(=O)OC[C@@H]1CN(Cc2ccccc2)C[C@H](n2cnc3c(NCc4ccc(F)cc4)ncnc32)O1. The number of ether oxygens (including phenoxy) is 2. The Hall–Kier alpha value is -3.89. The van der Waals surface area contributed by atoms with Gasteiger partial charge < -0.3 is 14.8 Å². The van der Waals surface area contributed by atoms with Crippen molar-refractivity contribution in [3.63, 3.8) is 0 Å². The lowest BCUT2D eigenvalue weighted by Gasteiger charge is -2.38. The molecular formula is C26H27FN6O3. The second kappa shape index (κ2) is 10.8. The second-order valence-electron chi connectivity index (χ2n) is 8.72. The van der Waals surface area contributed by atoms with E-state index in [0.29, 0.717) is 36.6 Å². The molecule has 0 amide bonds. The fourth-order valence-electron chi connectivity index (χ4n) is 4.30.